The van der Waals surface area contributed by atoms with Crippen molar-refractivity contribution >= 4 is 28.6 Å². The molecular weight excluding hydrogens is 394 g/mol. The van der Waals surface area contributed by atoms with Crippen molar-refractivity contribution in [1.82, 2.24) is 19.5 Å². The summed E-state index contributed by atoms with van der Waals surface area (Å²) in [6.07, 6.45) is 1.18. The molecule has 31 heavy (non-hydrogen) atoms. The molecule has 4 aromatic rings. The zero-order valence-electron chi connectivity index (χ0n) is 17.2. The van der Waals surface area contributed by atoms with Crippen molar-refractivity contribution in [2.24, 2.45) is 0 Å². The number of phenolic OH excluding ortho intramolecular Hbond substituents is 1. The van der Waals surface area contributed by atoms with Crippen LogP contribution in [0.2, 0.25) is 0 Å². The van der Waals surface area contributed by atoms with E-state index in [0.717, 1.165) is 5.56 Å². The van der Waals surface area contributed by atoms with Gasteiger partial charge in [-0.3, -0.25) is 0 Å². The number of nitrogens with one attached hydrogen (secondary N) is 2. The molecule has 160 valence electrons. The summed E-state index contributed by atoms with van der Waals surface area (Å²) in [5.74, 6) is 1.04. The average Bonchev–Trinajstić information content (AvgIpc) is 3.16. The highest BCUT2D eigenvalue weighted by molar-refractivity contribution is 5.84. The molecule has 2 heterocycles. The van der Waals surface area contributed by atoms with Crippen molar-refractivity contribution in [3.8, 4) is 5.75 Å². The zero-order valence-corrected chi connectivity index (χ0v) is 17.2. The third-order valence-corrected chi connectivity index (χ3v) is 4.77. The first-order valence-corrected chi connectivity index (χ1v) is 9.99. The molecule has 2 aromatic heterocycles. The van der Waals surface area contributed by atoms with E-state index >= 15 is 0 Å². The van der Waals surface area contributed by atoms with E-state index in [4.69, 9.17) is 5.73 Å². The number of aromatic nitrogens is 4. The number of aliphatic hydroxyl groups excluding tert-OH is 1. The summed E-state index contributed by atoms with van der Waals surface area (Å²) in [5, 5.41) is 26.0. The van der Waals surface area contributed by atoms with Gasteiger partial charge in [-0.15, -0.1) is 0 Å². The first kappa shape index (κ1) is 20.4. The lowest BCUT2D eigenvalue weighted by molar-refractivity contribution is 0.208. The van der Waals surface area contributed by atoms with Crippen LogP contribution in [0, 0.1) is 0 Å². The Hall–Kier alpha value is -3.85. The number of phenols is 1. The lowest BCUT2D eigenvalue weighted by atomic mass is 10.2. The van der Waals surface area contributed by atoms with Crippen LogP contribution in [0.1, 0.15) is 18.1 Å². The minimum Gasteiger partial charge on any atom is -0.508 e. The van der Waals surface area contributed by atoms with Crippen LogP contribution in [-0.4, -0.2) is 42.4 Å². The second-order valence-corrected chi connectivity index (χ2v) is 7.40. The van der Waals surface area contributed by atoms with Gasteiger partial charge in [0.05, 0.1) is 19.0 Å². The molecule has 0 saturated carbocycles. The molecule has 0 aliphatic carbocycles. The molecule has 0 aliphatic rings. The van der Waals surface area contributed by atoms with E-state index in [2.05, 4.69) is 25.6 Å². The van der Waals surface area contributed by atoms with Crippen LogP contribution in [0.25, 0.3) is 11.2 Å². The zero-order chi connectivity index (χ0) is 21.8. The van der Waals surface area contributed by atoms with Gasteiger partial charge in [-0.2, -0.15) is 9.97 Å². The maximum absolute atomic E-state index is 10.1. The molecule has 9 heteroatoms. The smallest absolute Gasteiger partial charge is 0.226 e. The number of benzene rings is 2. The van der Waals surface area contributed by atoms with Crippen molar-refractivity contribution in [2.75, 3.05) is 22.9 Å². The van der Waals surface area contributed by atoms with E-state index < -0.39 is 6.10 Å². The molecule has 9 nitrogen and oxygen atoms in total. The van der Waals surface area contributed by atoms with Gasteiger partial charge in [0, 0.05) is 24.3 Å². The molecule has 0 bridgehead atoms. The predicted molar refractivity (Wildman–Crippen MR) is 121 cm³/mol. The van der Waals surface area contributed by atoms with E-state index in [1.807, 2.05) is 34.9 Å². The normalized spacial score (nSPS) is 12.1. The van der Waals surface area contributed by atoms with Crippen LogP contribution < -0.4 is 16.4 Å². The Kier molecular flexibility index (Phi) is 5.85. The van der Waals surface area contributed by atoms with Crippen molar-refractivity contribution in [3.63, 3.8) is 0 Å². The van der Waals surface area contributed by atoms with Crippen molar-refractivity contribution in [2.45, 2.75) is 26.1 Å². The molecule has 0 amide bonds. The fourth-order valence-corrected chi connectivity index (χ4v) is 3.21. The summed E-state index contributed by atoms with van der Waals surface area (Å²) in [7, 11) is 0. The number of hydrogen-bond acceptors (Lipinski definition) is 8. The molecule has 2 aromatic carbocycles. The van der Waals surface area contributed by atoms with Gasteiger partial charge >= 0.3 is 0 Å². The summed E-state index contributed by atoms with van der Waals surface area (Å²) in [6, 6.07) is 15.0. The molecular formula is C22H25N7O2. The van der Waals surface area contributed by atoms with Crippen molar-refractivity contribution in [3.05, 3.63) is 66.0 Å². The third-order valence-electron chi connectivity index (χ3n) is 4.77. The van der Waals surface area contributed by atoms with E-state index in [1.54, 1.807) is 31.5 Å². The second-order valence-electron chi connectivity index (χ2n) is 7.40. The number of anilines is 3. The van der Waals surface area contributed by atoms with Gasteiger partial charge in [0.1, 0.15) is 5.75 Å². The van der Waals surface area contributed by atoms with Gasteiger partial charge in [-0.1, -0.05) is 30.3 Å². The predicted octanol–water partition coefficient (Wildman–Crippen LogP) is 2.57. The van der Waals surface area contributed by atoms with Gasteiger partial charge in [0.15, 0.2) is 17.0 Å². The second kappa shape index (κ2) is 8.88. The Morgan fingerprint density at radius 2 is 1.90 bits per heavy atom. The Labute approximate surface area is 179 Å². The van der Waals surface area contributed by atoms with E-state index in [9.17, 15) is 10.2 Å². The van der Waals surface area contributed by atoms with Crippen molar-refractivity contribution < 1.29 is 10.2 Å². The Morgan fingerprint density at radius 3 is 2.68 bits per heavy atom. The number of rotatable bonds is 8. The summed E-state index contributed by atoms with van der Waals surface area (Å²) in [5.41, 5.74) is 9.45. The maximum Gasteiger partial charge on any atom is 0.226 e. The van der Waals surface area contributed by atoms with Crippen LogP contribution in [0.3, 0.4) is 0 Å². The molecule has 0 saturated heterocycles. The molecule has 1 atom stereocenters. The minimum atomic E-state index is -0.547. The first-order valence-electron chi connectivity index (χ1n) is 9.99. The topological polar surface area (TPSA) is 134 Å². The van der Waals surface area contributed by atoms with Gasteiger partial charge in [0.25, 0.3) is 0 Å². The molecule has 4 rings (SSSR count). The monoisotopic (exact) mass is 419 g/mol. The molecule has 0 spiro atoms. The number of hydrogen-bond donors (Lipinski definition) is 5. The fraction of sp³-hybridized carbons (Fsp3) is 0.227. The quantitative estimate of drug-likeness (QED) is 0.217. The van der Waals surface area contributed by atoms with Crippen LogP contribution in [0.15, 0.2) is 54.9 Å². The number of aromatic hydroxyl groups is 1. The van der Waals surface area contributed by atoms with Crippen LogP contribution in [0.4, 0.5) is 17.5 Å². The number of aliphatic hydroxyl groups is 1. The summed E-state index contributed by atoms with van der Waals surface area (Å²) >= 11 is 0. The third kappa shape index (κ3) is 4.84. The van der Waals surface area contributed by atoms with Gasteiger partial charge in [0.2, 0.25) is 5.95 Å². The largest absolute Gasteiger partial charge is 0.508 e. The van der Waals surface area contributed by atoms with Crippen LogP contribution in [0.5, 0.6) is 5.75 Å². The van der Waals surface area contributed by atoms with E-state index in [-0.39, 0.29) is 5.75 Å². The molecule has 0 aliphatic heterocycles. The standard InChI is InChI=1S/C22H25N7O2/c1-14(30)10-25-22-27-20(24-11-16-9-17(23)7-8-18(16)31)19-21(28-22)29(13-26-19)12-15-5-3-2-4-6-15/h2-9,13-14,30-31H,10-12,23H2,1H3,(H2,24,25,27,28). The Bertz CT molecular complexity index is 1180. The number of nitrogens with two attached hydrogens (primary N) is 1. The highest BCUT2D eigenvalue weighted by atomic mass is 16.3. The highest BCUT2D eigenvalue weighted by Gasteiger charge is 2.15. The fourth-order valence-electron chi connectivity index (χ4n) is 3.21. The van der Waals surface area contributed by atoms with E-state index in [0.29, 0.717) is 53.8 Å². The van der Waals surface area contributed by atoms with E-state index in [1.165, 1.54) is 0 Å². The lowest BCUT2D eigenvalue weighted by Gasteiger charge is -2.12. The molecule has 6 N–H and O–H groups in total. The van der Waals surface area contributed by atoms with Gasteiger partial charge in [-0.25, -0.2) is 4.98 Å². The van der Waals surface area contributed by atoms with Gasteiger partial charge in [-0.05, 0) is 30.7 Å². The van der Waals surface area contributed by atoms with Crippen LogP contribution >= 0.6 is 0 Å². The summed E-state index contributed by atoms with van der Waals surface area (Å²) < 4.78 is 1.95. The average molecular weight is 419 g/mol. The minimum absolute atomic E-state index is 0.147. The van der Waals surface area contributed by atoms with Crippen molar-refractivity contribution in [1.29, 1.82) is 0 Å². The summed E-state index contributed by atoms with van der Waals surface area (Å²) in [6.45, 7) is 2.92. The summed E-state index contributed by atoms with van der Waals surface area (Å²) in [4.78, 5) is 13.7. The number of imidazole rings is 1. The molecule has 0 fully saturated rings. The lowest BCUT2D eigenvalue weighted by Crippen LogP contribution is -2.17. The number of fused-ring (bicyclic) bond motifs is 1. The number of nitrogen functional groups attached to an aromatic ring is 1. The molecule has 1 unspecified atom stereocenters. The Balaban J connectivity index is 1.67. The maximum atomic E-state index is 10.1. The van der Waals surface area contributed by atoms with Gasteiger partial charge < -0.3 is 31.1 Å². The van der Waals surface area contributed by atoms with Crippen LogP contribution in [-0.2, 0) is 13.1 Å². The molecule has 0 radical (unpaired) electrons. The SMILES string of the molecule is CC(O)CNc1nc(NCc2cc(N)ccc2O)c2ncn(Cc3ccccc3)c2n1. The first-order chi connectivity index (χ1) is 15.0. The Morgan fingerprint density at radius 1 is 1.10 bits per heavy atom. The number of nitrogens with zero attached hydrogens (tertiary/aromatic N) is 4. The highest BCUT2D eigenvalue weighted by Crippen LogP contribution is 2.25.